The lowest BCUT2D eigenvalue weighted by atomic mass is 10.3. The van der Waals surface area contributed by atoms with Crippen LogP contribution in [0.1, 0.15) is 11.1 Å². The van der Waals surface area contributed by atoms with Crippen molar-refractivity contribution in [3.8, 4) is 5.75 Å². The highest BCUT2D eigenvalue weighted by Crippen LogP contribution is 2.12. The van der Waals surface area contributed by atoms with Crippen LogP contribution in [0, 0.1) is 0 Å². The number of ether oxygens (including phenoxy) is 1. The van der Waals surface area contributed by atoms with Gasteiger partial charge in [-0.25, -0.2) is 9.97 Å². The van der Waals surface area contributed by atoms with Gasteiger partial charge in [-0.2, -0.15) is 0 Å². The fourth-order valence-corrected chi connectivity index (χ4v) is 2.46. The molecule has 0 amide bonds. The molecule has 0 unspecified atom stereocenters. The van der Waals surface area contributed by atoms with E-state index in [0.717, 1.165) is 25.8 Å². The molecule has 0 aliphatic heterocycles. The minimum Gasteiger partial charge on any atom is -0.489 e. The number of aromatic nitrogens is 2. The van der Waals surface area contributed by atoms with Crippen LogP contribution in [0.25, 0.3) is 0 Å². The highest BCUT2D eigenvalue weighted by atomic mass is 79.9. The van der Waals surface area contributed by atoms with Gasteiger partial charge in [0.25, 0.3) is 0 Å². The second-order valence-electron chi connectivity index (χ2n) is 4.71. The Morgan fingerprint density at radius 3 is 1.83 bits per heavy atom. The summed E-state index contributed by atoms with van der Waals surface area (Å²) in [6.07, 6.45) is 3.63. The minimum atomic E-state index is 0.546. The van der Waals surface area contributed by atoms with Crippen molar-refractivity contribution < 1.29 is 4.74 Å². The van der Waals surface area contributed by atoms with E-state index in [1.807, 2.05) is 60.8 Å². The van der Waals surface area contributed by atoms with Crippen LogP contribution >= 0.6 is 47.8 Å². The van der Waals surface area contributed by atoms with Gasteiger partial charge in [0.2, 0.25) is 0 Å². The summed E-state index contributed by atoms with van der Waals surface area (Å²) in [6.45, 7) is 0.546. The molecule has 0 saturated heterocycles. The third kappa shape index (κ3) is 7.11. The summed E-state index contributed by atoms with van der Waals surface area (Å²) in [5, 5.41) is 0.868. The number of benzene rings is 1. The largest absolute Gasteiger partial charge is 0.489 e. The summed E-state index contributed by atoms with van der Waals surface area (Å²) < 4.78 is 7.30. The normalized spacial score (nSPS) is 9.79. The van der Waals surface area contributed by atoms with Gasteiger partial charge >= 0.3 is 0 Å². The van der Waals surface area contributed by atoms with Crippen LogP contribution in [-0.2, 0) is 11.9 Å². The lowest BCUT2D eigenvalue weighted by molar-refractivity contribution is 0.305. The first kappa shape index (κ1) is 19.1. The zero-order valence-corrected chi connectivity index (χ0v) is 17.5. The molecule has 0 atom stereocenters. The first-order chi connectivity index (χ1) is 11.7. The molecule has 1 aromatic carbocycles. The van der Waals surface area contributed by atoms with E-state index in [4.69, 9.17) is 4.74 Å². The second kappa shape index (κ2) is 10.6. The van der Waals surface area contributed by atoms with Crippen molar-refractivity contribution in [1.29, 1.82) is 0 Å². The molecule has 124 valence electrons. The van der Waals surface area contributed by atoms with E-state index in [1.165, 1.54) is 5.56 Å². The quantitative estimate of drug-likeness (QED) is 0.309. The first-order valence-electron chi connectivity index (χ1n) is 7.12. The molecule has 24 heavy (non-hydrogen) atoms. The van der Waals surface area contributed by atoms with Gasteiger partial charge in [0, 0.05) is 23.3 Å². The number of halogens is 3. The van der Waals surface area contributed by atoms with E-state index in [0.29, 0.717) is 6.61 Å². The highest BCUT2D eigenvalue weighted by Gasteiger charge is 1.95. The molecule has 0 aliphatic rings. The SMILES string of the molecule is BrCc1ccc(Br)nc1.Brc1ccc(COc2ccccc2)cn1. The summed E-state index contributed by atoms with van der Waals surface area (Å²) in [5.41, 5.74) is 2.25. The number of nitrogens with zero attached hydrogens (tertiary/aromatic N) is 2. The summed E-state index contributed by atoms with van der Waals surface area (Å²) in [7, 11) is 0. The van der Waals surface area contributed by atoms with Crippen LogP contribution in [-0.4, -0.2) is 9.97 Å². The van der Waals surface area contributed by atoms with E-state index in [1.54, 1.807) is 6.20 Å². The Bertz CT molecular complexity index is 720. The monoisotopic (exact) mass is 512 g/mol. The van der Waals surface area contributed by atoms with Crippen molar-refractivity contribution >= 4 is 47.8 Å². The predicted octanol–water partition coefficient (Wildman–Crippen LogP) is 6.16. The molecular formula is C18H15Br3N2O. The molecule has 0 aliphatic carbocycles. The lowest BCUT2D eigenvalue weighted by Crippen LogP contribution is -1.95. The van der Waals surface area contributed by atoms with Crippen molar-refractivity contribution in [2.45, 2.75) is 11.9 Å². The highest BCUT2D eigenvalue weighted by molar-refractivity contribution is 9.10. The fraction of sp³-hybridized carbons (Fsp3) is 0.111. The predicted molar refractivity (Wildman–Crippen MR) is 107 cm³/mol. The van der Waals surface area contributed by atoms with Crippen LogP contribution in [0.15, 0.2) is 76.2 Å². The molecular weight excluding hydrogens is 500 g/mol. The molecule has 3 rings (SSSR count). The van der Waals surface area contributed by atoms with Gasteiger partial charge in [-0.3, -0.25) is 0 Å². The van der Waals surface area contributed by atoms with Gasteiger partial charge in [0.05, 0.1) is 0 Å². The van der Waals surface area contributed by atoms with Gasteiger partial charge in [-0.1, -0.05) is 46.3 Å². The molecule has 2 heterocycles. The second-order valence-corrected chi connectivity index (χ2v) is 6.90. The van der Waals surface area contributed by atoms with Crippen LogP contribution in [0.3, 0.4) is 0 Å². The van der Waals surface area contributed by atoms with E-state index >= 15 is 0 Å². The maximum Gasteiger partial charge on any atom is 0.119 e. The zero-order chi connectivity index (χ0) is 17.2. The maximum absolute atomic E-state index is 5.58. The number of hydrogen-bond acceptors (Lipinski definition) is 3. The smallest absolute Gasteiger partial charge is 0.119 e. The van der Waals surface area contributed by atoms with Crippen molar-refractivity contribution in [3.63, 3.8) is 0 Å². The van der Waals surface area contributed by atoms with E-state index in [2.05, 4.69) is 57.8 Å². The van der Waals surface area contributed by atoms with Crippen molar-refractivity contribution in [3.05, 3.63) is 87.3 Å². The Hall–Kier alpha value is -1.24. The van der Waals surface area contributed by atoms with Gasteiger partial charge in [-0.15, -0.1) is 0 Å². The van der Waals surface area contributed by atoms with Gasteiger partial charge < -0.3 is 4.74 Å². The number of hydrogen-bond donors (Lipinski definition) is 0. The van der Waals surface area contributed by atoms with E-state index in [-0.39, 0.29) is 0 Å². The zero-order valence-electron chi connectivity index (χ0n) is 12.7. The maximum atomic E-state index is 5.58. The fourth-order valence-electron chi connectivity index (χ4n) is 1.66. The number of rotatable bonds is 4. The average Bonchev–Trinajstić information content (AvgIpc) is 2.63. The van der Waals surface area contributed by atoms with E-state index < -0.39 is 0 Å². The number of para-hydroxylation sites is 1. The van der Waals surface area contributed by atoms with Crippen molar-refractivity contribution in [2.75, 3.05) is 0 Å². The molecule has 2 aromatic heterocycles. The molecule has 0 saturated carbocycles. The molecule has 6 heteroatoms. The molecule has 3 aromatic rings. The summed E-state index contributed by atoms with van der Waals surface area (Å²) in [5.74, 6) is 0.875. The summed E-state index contributed by atoms with van der Waals surface area (Å²) in [6, 6.07) is 17.6. The Morgan fingerprint density at radius 1 is 0.750 bits per heavy atom. The number of alkyl halides is 1. The third-order valence-corrected chi connectivity index (χ3v) is 4.47. The Kier molecular flexibility index (Phi) is 8.42. The van der Waals surface area contributed by atoms with Crippen LogP contribution in [0.5, 0.6) is 5.75 Å². The van der Waals surface area contributed by atoms with Gasteiger partial charge in [-0.05, 0) is 61.7 Å². The molecule has 0 N–H and O–H groups in total. The third-order valence-electron chi connectivity index (χ3n) is 2.88. The topological polar surface area (TPSA) is 35.0 Å². The molecule has 3 nitrogen and oxygen atoms in total. The van der Waals surface area contributed by atoms with E-state index in [9.17, 15) is 0 Å². The van der Waals surface area contributed by atoms with Crippen molar-refractivity contribution in [2.24, 2.45) is 0 Å². The average molecular weight is 515 g/mol. The standard InChI is InChI=1S/C12H10BrNO.C6H5Br2N/c13-12-7-6-10(8-14-12)9-15-11-4-2-1-3-5-11;7-3-5-1-2-6(8)9-4-5/h1-8H,9H2;1-2,4H,3H2. The molecule has 0 fully saturated rings. The van der Waals surface area contributed by atoms with Crippen LogP contribution in [0.2, 0.25) is 0 Å². The molecule has 0 bridgehead atoms. The van der Waals surface area contributed by atoms with Gasteiger partial charge in [0.1, 0.15) is 21.6 Å². The Morgan fingerprint density at radius 2 is 1.33 bits per heavy atom. The molecule has 0 radical (unpaired) electrons. The number of pyridine rings is 2. The minimum absolute atomic E-state index is 0.546. The molecule has 0 spiro atoms. The van der Waals surface area contributed by atoms with Gasteiger partial charge in [0.15, 0.2) is 0 Å². The Labute approximate surface area is 166 Å². The van der Waals surface area contributed by atoms with Crippen molar-refractivity contribution in [1.82, 2.24) is 9.97 Å². The summed E-state index contributed by atoms with van der Waals surface area (Å²) in [4.78, 5) is 8.16. The Balaban J connectivity index is 0.000000198. The summed E-state index contributed by atoms with van der Waals surface area (Å²) >= 11 is 9.86. The van der Waals surface area contributed by atoms with Crippen LogP contribution in [0.4, 0.5) is 0 Å². The first-order valence-corrected chi connectivity index (χ1v) is 9.83. The lowest BCUT2D eigenvalue weighted by Gasteiger charge is -2.05. The van der Waals surface area contributed by atoms with Crippen LogP contribution < -0.4 is 4.74 Å².